The molecule has 3 rings (SSSR count). The number of aromatic nitrogens is 3. The summed E-state index contributed by atoms with van der Waals surface area (Å²) in [5.41, 5.74) is -0.274. The van der Waals surface area contributed by atoms with E-state index in [9.17, 15) is 14.7 Å². The van der Waals surface area contributed by atoms with Crippen molar-refractivity contribution in [2.24, 2.45) is 4.99 Å². The first-order valence-electron chi connectivity index (χ1n) is 6.66. The van der Waals surface area contributed by atoms with Crippen LogP contribution >= 0.6 is 11.3 Å². The number of benzene rings is 1. The Bertz CT molecular complexity index is 987. The largest absolute Gasteiger partial charge is 0.493 e. The number of aryl methyl sites for hydroxylation is 1. The third-order valence-electron chi connectivity index (χ3n) is 3.20. The number of hydrogen-bond acceptors (Lipinski definition) is 6. The second-order valence-corrected chi connectivity index (χ2v) is 5.56. The highest BCUT2D eigenvalue weighted by atomic mass is 32.1. The third kappa shape index (κ3) is 2.84. The van der Waals surface area contributed by atoms with Gasteiger partial charge in [0.1, 0.15) is 5.56 Å². The van der Waals surface area contributed by atoms with E-state index in [1.54, 1.807) is 36.7 Å². The molecule has 2 heterocycles. The van der Waals surface area contributed by atoms with Gasteiger partial charge in [0.15, 0.2) is 0 Å². The number of H-pyrrole nitrogens is 1. The summed E-state index contributed by atoms with van der Waals surface area (Å²) >= 11 is 1.29. The van der Waals surface area contributed by atoms with Gasteiger partial charge >= 0.3 is 5.69 Å². The van der Waals surface area contributed by atoms with Crippen LogP contribution in [0.1, 0.15) is 11.1 Å². The van der Waals surface area contributed by atoms with E-state index in [-0.39, 0.29) is 5.56 Å². The summed E-state index contributed by atoms with van der Waals surface area (Å²) in [4.78, 5) is 34.2. The van der Waals surface area contributed by atoms with Gasteiger partial charge in [-0.3, -0.25) is 9.78 Å². The molecule has 0 radical (unpaired) electrons. The Morgan fingerprint density at radius 2 is 2.13 bits per heavy atom. The van der Waals surface area contributed by atoms with Crippen molar-refractivity contribution in [3.05, 3.63) is 67.8 Å². The van der Waals surface area contributed by atoms with Crippen molar-refractivity contribution >= 4 is 22.7 Å². The minimum Gasteiger partial charge on any atom is -0.493 e. The van der Waals surface area contributed by atoms with E-state index in [0.29, 0.717) is 10.8 Å². The van der Waals surface area contributed by atoms with Crippen molar-refractivity contribution in [1.29, 1.82) is 0 Å². The molecule has 0 bridgehead atoms. The Morgan fingerprint density at radius 1 is 1.35 bits per heavy atom. The topological polar surface area (TPSA) is 100 Å². The normalized spacial score (nSPS) is 11.2. The average molecular weight is 328 g/mol. The second kappa shape index (κ2) is 6.01. The standard InChI is InChI=1S/C15H12N4O3S/c1-9-4-2-3-5-11(9)19-13(21)10(12(20)18-15(19)22)8-17-14-16-6-7-23-14/h2-8,21H,1H3,(H,18,20,22). The summed E-state index contributed by atoms with van der Waals surface area (Å²) in [5.74, 6) is -0.464. The highest BCUT2D eigenvalue weighted by molar-refractivity contribution is 7.13. The van der Waals surface area contributed by atoms with Crippen LogP contribution in [0.5, 0.6) is 5.88 Å². The number of para-hydroxylation sites is 1. The molecule has 0 unspecified atom stereocenters. The van der Waals surface area contributed by atoms with Crippen LogP contribution in [0.4, 0.5) is 5.13 Å². The lowest BCUT2D eigenvalue weighted by atomic mass is 10.2. The number of aliphatic imine (C=N–C) groups is 1. The zero-order chi connectivity index (χ0) is 16.4. The van der Waals surface area contributed by atoms with Gasteiger partial charge in [0.05, 0.1) is 5.69 Å². The molecule has 23 heavy (non-hydrogen) atoms. The van der Waals surface area contributed by atoms with Crippen molar-refractivity contribution in [2.45, 2.75) is 6.92 Å². The Morgan fingerprint density at radius 3 is 2.83 bits per heavy atom. The number of nitrogens with zero attached hydrogens (tertiary/aromatic N) is 3. The lowest BCUT2D eigenvalue weighted by Gasteiger charge is -2.11. The fraction of sp³-hybridized carbons (Fsp3) is 0.0667. The van der Waals surface area contributed by atoms with Crippen LogP contribution in [0.25, 0.3) is 5.69 Å². The molecule has 0 spiro atoms. The molecule has 0 saturated heterocycles. The average Bonchev–Trinajstić information content (AvgIpc) is 3.02. The molecule has 0 atom stereocenters. The zero-order valence-electron chi connectivity index (χ0n) is 12.1. The first-order chi connectivity index (χ1) is 11.1. The number of hydrogen-bond donors (Lipinski definition) is 2. The van der Waals surface area contributed by atoms with E-state index >= 15 is 0 Å². The van der Waals surface area contributed by atoms with Gasteiger partial charge in [-0.05, 0) is 18.6 Å². The van der Waals surface area contributed by atoms with Gasteiger partial charge in [-0.1, -0.05) is 18.2 Å². The molecule has 0 saturated carbocycles. The molecule has 0 aliphatic rings. The van der Waals surface area contributed by atoms with Crippen LogP contribution < -0.4 is 11.2 Å². The molecule has 0 amide bonds. The molecule has 0 aliphatic heterocycles. The number of nitrogens with one attached hydrogen (secondary N) is 1. The van der Waals surface area contributed by atoms with Crippen LogP contribution in [-0.4, -0.2) is 25.9 Å². The smallest absolute Gasteiger partial charge is 0.335 e. The minimum absolute atomic E-state index is 0.108. The fourth-order valence-corrected chi connectivity index (χ4v) is 2.57. The summed E-state index contributed by atoms with van der Waals surface area (Å²) in [6.45, 7) is 1.80. The summed E-state index contributed by atoms with van der Waals surface area (Å²) in [6, 6.07) is 7.03. The van der Waals surface area contributed by atoms with Crippen molar-refractivity contribution in [3.63, 3.8) is 0 Å². The summed E-state index contributed by atoms with van der Waals surface area (Å²) in [7, 11) is 0. The van der Waals surface area contributed by atoms with E-state index in [1.165, 1.54) is 17.6 Å². The molecule has 7 nitrogen and oxygen atoms in total. The van der Waals surface area contributed by atoms with E-state index < -0.39 is 17.1 Å². The van der Waals surface area contributed by atoms with Crippen LogP contribution in [-0.2, 0) is 0 Å². The van der Waals surface area contributed by atoms with E-state index in [4.69, 9.17) is 0 Å². The zero-order valence-corrected chi connectivity index (χ0v) is 12.9. The molecule has 3 aromatic rings. The van der Waals surface area contributed by atoms with Gasteiger partial charge in [0, 0.05) is 17.8 Å². The molecule has 2 aromatic heterocycles. The highest BCUT2D eigenvalue weighted by Crippen LogP contribution is 2.19. The minimum atomic E-state index is -0.715. The van der Waals surface area contributed by atoms with Gasteiger partial charge in [0.2, 0.25) is 11.0 Å². The molecular formula is C15H12N4O3S. The summed E-state index contributed by atoms with van der Waals surface area (Å²) in [6.07, 6.45) is 2.77. The Labute approximate surface area is 134 Å². The molecule has 116 valence electrons. The Kier molecular flexibility index (Phi) is 3.90. The first-order valence-corrected chi connectivity index (χ1v) is 7.54. The molecule has 0 fully saturated rings. The molecule has 2 N–H and O–H groups in total. The number of rotatable bonds is 3. The molecule has 0 aliphatic carbocycles. The van der Waals surface area contributed by atoms with Gasteiger partial charge in [-0.2, -0.15) is 0 Å². The molecule has 1 aromatic carbocycles. The Hall–Kier alpha value is -3.00. The van der Waals surface area contributed by atoms with Gasteiger partial charge in [0.25, 0.3) is 5.56 Å². The maximum atomic E-state index is 12.1. The van der Waals surface area contributed by atoms with Crippen molar-refractivity contribution < 1.29 is 5.11 Å². The first kappa shape index (κ1) is 14.9. The van der Waals surface area contributed by atoms with E-state index in [1.807, 2.05) is 6.07 Å². The maximum absolute atomic E-state index is 12.1. The lowest BCUT2D eigenvalue weighted by Crippen LogP contribution is -2.31. The van der Waals surface area contributed by atoms with Crippen molar-refractivity contribution in [3.8, 4) is 11.6 Å². The van der Waals surface area contributed by atoms with Crippen molar-refractivity contribution in [1.82, 2.24) is 14.5 Å². The maximum Gasteiger partial charge on any atom is 0.335 e. The Balaban J connectivity index is 2.20. The van der Waals surface area contributed by atoms with Crippen molar-refractivity contribution in [2.75, 3.05) is 0 Å². The molecule has 8 heteroatoms. The number of thiazole rings is 1. The predicted octanol–water partition coefficient (Wildman–Crippen LogP) is 1.75. The van der Waals surface area contributed by atoms with Crippen LogP contribution in [0.15, 0.2) is 50.4 Å². The van der Waals surface area contributed by atoms with E-state index in [0.717, 1.165) is 10.1 Å². The van der Waals surface area contributed by atoms with Gasteiger partial charge < -0.3 is 5.11 Å². The van der Waals surface area contributed by atoms with E-state index in [2.05, 4.69) is 15.0 Å². The van der Waals surface area contributed by atoms with Gasteiger partial charge in [-0.15, -0.1) is 11.3 Å². The third-order valence-corrected chi connectivity index (χ3v) is 3.88. The fourth-order valence-electron chi connectivity index (χ4n) is 2.09. The van der Waals surface area contributed by atoms with Gasteiger partial charge in [-0.25, -0.2) is 19.3 Å². The summed E-state index contributed by atoms with van der Waals surface area (Å²) < 4.78 is 1.04. The summed E-state index contributed by atoms with van der Waals surface area (Å²) in [5, 5.41) is 12.6. The highest BCUT2D eigenvalue weighted by Gasteiger charge is 2.15. The molecular weight excluding hydrogens is 316 g/mol. The monoisotopic (exact) mass is 328 g/mol. The predicted molar refractivity (Wildman–Crippen MR) is 88.4 cm³/mol. The number of aromatic hydroxyl groups is 1. The van der Waals surface area contributed by atoms with Crippen LogP contribution in [0.2, 0.25) is 0 Å². The quantitative estimate of drug-likeness (QED) is 0.715. The van der Waals surface area contributed by atoms with Crippen LogP contribution in [0, 0.1) is 6.92 Å². The van der Waals surface area contributed by atoms with Crippen LogP contribution in [0.3, 0.4) is 0 Å². The lowest BCUT2D eigenvalue weighted by molar-refractivity contribution is 0.430. The second-order valence-electron chi connectivity index (χ2n) is 4.69. The number of aromatic amines is 1. The SMILES string of the molecule is Cc1ccccc1-n1c(O)c(C=Nc2nccs2)c(=O)[nH]c1=O.